The summed E-state index contributed by atoms with van der Waals surface area (Å²) in [7, 11) is 0. The number of carbonyl (C=O) groups excluding carboxylic acids is 2. The van der Waals surface area contributed by atoms with Crippen LogP contribution in [0.5, 0.6) is 17.2 Å². The number of aryl methyl sites for hydroxylation is 1. The molecule has 0 unspecified atom stereocenters. The van der Waals surface area contributed by atoms with Crippen LogP contribution in [0, 0.1) is 12.8 Å². The van der Waals surface area contributed by atoms with E-state index < -0.39 is 0 Å². The smallest absolute Gasteiger partial charge is 0.267 e. The summed E-state index contributed by atoms with van der Waals surface area (Å²) < 4.78 is 21.0. The molecule has 1 aliphatic rings. The summed E-state index contributed by atoms with van der Waals surface area (Å²) in [6.07, 6.45) is 1.66. The Morgan fingerprint density at radius 1 is 1.06 bits per heavy atom. The quantitative estimate of drug-likeness (QED) is 0.561. The van der Waals surface area contributed by atoms with Crippen molar-refractivity contribution in [3.8, 4) is 17.2 Å². The Morgan fingerprint density at radius 3 is 2.18 bits per heavy atom. The van der Waals surface area contributed by atoms with E-state index in [1.807, 2.05) is 25.7 Å². The number of hydrogen-bond donors (Lipinski definition) is 1. The number of piperidine rings is 1. The Hall–Kier alpha value is -2.88. The Kier molecular flexibility index (Phi) is 8.87. The van der Waals surface area contributed by atoms with Crippen molar-refractivity contribution in [1.29, 1.82) is 0 Å². The lowest BCUT2D eigenvalue weighted by atomic mass is 9.96. The molecule has 180 valence electrons. The molecule has 33 heavy (non-hydrogen) atoms. The monoisotopic (exact) mass is 476 g/mol. The van der Waals surface area contributed by atoms with E-state index in [9.17, 15) is 9.59 Å². The molecule has 0 atom stereocenters. The number of ether oxygens (including phenoxy) is 3. The molecule has 3 rings (SSSR count). The fourth-order valence-electron chi connectivity index (χ4n) is 3.77. The van der Waals surface area contributed by atoms with E-state index in [1.165, 1.54) is 0 Å². The van der Waals surface area contributed by atoms with Crippen LogP contribution in [-0.4, -0.2) is 65.8 Å². The largest absolute Gasteiger partial charge is 0.490 e. The molecule has 1 fully saturated rings. The minimum atomic E-state index is -0.190. The predicted molar refractivity (Wildman–Crippen MR) is 126 cm³/mol. The maximum atomic E-state index is 12.9. The number of nitrogens with one attached hydrogen (secondary N) is 1. The molecule has 1 aromatic carbocycles. The zero-order valence-corrected chi connectivity index (χ0v) is 20.5. The number of carbonyl (C=O) groups is 2. The van der Waals surface area contributed by atoms with Crippen molar-refractivity contribution in [1.82, 2.24) is 19.8 Å². The first-order valence-corrected chi connectivity index (χ1v) is 12.2. The average molecular weight is 477 g/mol. The average Bonchev–Trinajstić information content (AvgIpc) is 3.25. The van der Waals surface area contributed by atoms with Crippen LogP contribution in [0.3, 0.4) is 0 Å². The van der Waals surface area contributed by atoms with E-state index in [0.29, 0.717) is 78.8 Å². The number of rotatable bonds is 10. The SMILES string of the molecule is CCOc1cc(C(=O)NCC2CCN(C(=O)c3snnc3C)CC2)cc(OCC)c1OCC. The standard InChI is InChI=1S/C23H32N4O5S/c1-5-30-18-12-17(13-19(31-6-2)20(18)32-7-3)22(28)24-14-16-8-10-27(11-9-16)23(29)21-15(4)25-26-33-21/h12-13,16H,5-11,14H2,1-4H3,(H,24,28). The highest BCUT2D eigenvalue weighted by Crippen LogP contribution is 2.39. The van der Waals surface area contributed by atoms with Crippen molar-refractivity contribution < 1.29 is 23.8 Å². The van der Waals surface area contributed by atoms with E-state index in [-0.39, 0.29) is 11.8 Å². The highest BCUT2D eigenvalue weighted by Gasteiger charge is 2.26. The van der Waals surface area contributed by atoms with Gasteiger partial charge in [0, 0.05) is 25.2 Å². The van der Waals surface area contributed by atoms with Gasteiger partial charge in [0.05, 0.1) is 25.5 Å². The summed E-state index contributed by atoms with van der Waals surface area (Å²) in [4.78, 5) is 28.0. The number of likely N-dealkylation sites (tertiary alicyclic amines) is 1. The minimum Gasteiger partial charge on any atom is -0.490 e. The van der Waals surface area contributed by atoms with Gasteiger partial charge in [0.15, 0.2) is 11.5 Å². The second-order valence-corrected chi connectivity index (χ2v) is 8.49. The fraction of sp³-hybridized carbons (Fsp3) is 0.565. The second kappa shape index (κ2) is 11.8. The van der Waals surface area contributed by atoms with Crippen molar-refractivity contribution in [2.45, 2.75) is 40.5 Å². The van der Waals surface area contributed by atoms with Gasteiger partial charge in [-0.25, -0.2) is 0 Å². The van der Waals surface area contributed by atoms with E-state index in [1.54, 1.807) is 19.1 Å². The molecule has 1 aromatic heterocycles. The second-order valence-electron chi connectivity index (χ2n) is 7.73. The molecular formula is C23H32N4O5S. The third-order valence-electron chi connectivity index (χ3n) is 5.47. The highest BCUT2D eigenvalue weighted by molar-refractivity contribution is 7.07. The molecule has 2 amide bonds. The van der Waals surface area contributed by atoms with Crippen LogP contribution in [0.2, 0.25) is 0 Å². The summed E-state index contributed by atoms with van der Waals surface area (Å²) in [5, 5.41) is 6.95. The number of hydrogen-bond acceptors (Lipinski definition) is 8. The van der Waals surface area contributed by atoms with Gasteiger partial charge < -0.3 is 24.4 Å². The fourth-order valence-corrected chi connectivity index (χ4v) is 4.40. The zero-order valence-electron chi connectivity index (χ0n) is 19.7. The van der Waals surface area contributed by atoms with E-state index in [0.717, 1.165) is 24.4 Å². The van der Waals surface area contributed by atoms with E-state index in [2.05, 4.69) is 14.9 Å². The van der Waals surface area contributed by atoms with Crippen LogP contribution in [0.25, 0.3) is 0 Å². The Bertz CT molecular complexity index is 929. The number of nitrogens with zero attached hydrogens (tertiary/aromatic N) is 3. The number of benzene rings is 1. The molecule has 9 nitrogen and oxygen atoms in total. The zero-order chi connectivity index (χ0) is 23.8. The summed E-state index contributed by atoms with van der Waals surface area (Å²) in [5.41, 5.74) is 1.14. The third kappa shape index (κ3) is 6.13. The maximum Gasteiger partial charge on any atom is 0.267 e. The van der Waals surface area contributed by atoms with Crippen LogP contribution in [-0.2, 0) is 0 Å². The van der Waals surface area contributed by atoms with Gasteiger partial charge in [-0.05, 0) is 70.1 Å². The van der Waals surface area contributed by atoms with Crippen molar-refractivity contribution in [3.63, 3.8) is 0 Å². The predicted octanol–water partition coefficient (Wildman–Crippen LogP) is 3.32. The lowest BCUT2D eigenvalue weighted by Gasteiger charge is -2.31. The first-order chi connectivity index (χ1) is 16.0. The molecular weight excluding hydrogens is 444 g/mol. The van der Waals surface area contributed by atoms with Gasteiger partial charge in [-0.2, -0.15) is 0 Å². The third-order valence-corrected chi connectivity index (χ3v) is 6.29. The normalized spacial score (nSPS) is 14.1. The van der Waals surface area contributed by atoms with Gasteiger partial charge >= 0.3 is 0 Å². The summed E-state index contributed by atoms with van der Waals surface area (Å²) in [6.45, 7) is 10.7. The van der Waals surface area contributed by atoms with Crippen LogP contribution < -0.4 is 19.5 Å². The van der Waals surface area contributed by atoms with Gasteiger partial charge in [-0.3, -0.25) is 9.59 Å². The molecule has 0 radical (unpaired) electrons. The topological polar surface area (TPSA) is 103 Å². The molecule has 1 saturated heterocycles. The number of aromatic nitrogens is 2. The summed E-state index contributed by atoms with van der Waals surface area (Å²) >= 11 is 1.14. The molecule has 0 saturated carbocycles. The van der Waals surface area contributed by atoms with Crippen molar-refractivity contribution >= 4 is 23.3 Å². The van der Waals surface area contributed by atoms with Gasteiger partial charge in [-0.15, -0.1) is 5.10 Å². The number of amides is 2. The lowest BCUT2D eigenvalue weighted by molar-refractivity contribution is 0.0688. The summed E-state index contributed by atoms with van der Waals surface area (Å²) in [5.74, 6) is 1.61. The Morgan fingerprint density at radius 2 is 1.67 bits per heavy atom. The summed E-state index contributed by atoms with van der Waals surface area (Å²) in [6, 6.07) is 3.39. The van der Waals surface area contributed by atoms with Crippen molar-refractivity contribution in [2.24, 2.45) is 5.92 Å². The van der Waals surface area contributed by atoms with Gasteiger partial charge in [-0.1, -0.05) is 4.49 Å². The van der Waals surface area contributed by atoms with Crippen LogP contribution >= 0.6 is 11.5 Å². The molecule has 1 aliphatic heterocycles. The lowest BCUT2D eigenvalue weighted by Crippen LogP contribution is -2.41. The van der Waals surface area contributed by atoms with Crippen molar-refractivity contribution in [3.05, 3.63) is 28.3 Å². The van der Waals surface area contributed by atoms with Crippen LogP contribution in [0.1, 0.15) is 59.3 Å². The molecule has 0 spiro atoms. The molecule has 0 aliphatic carbocycles. The molecule has 2 aromatic rings. The Labute approximate surface area is 198 Å². The van der Waals surface area contributed by atoms with Gasteiger partial charge in [0.25, 0.3) is 11.8 Å². The molecule has 2 heterocycles. The van der Waals surface area contributed by atoms with Crippen LogP contribution in [0.15, 0.2) is 12.1 Å². The Balaban J connectivity index is 1.59. The molecule has 10 heteroatoms. The highest BCUT2D eigenvalue weighted by atomic mass is 32.1. The van der Waals surface area contributed by atoms with E-state index in [4.69, 9.17) is 14.2 Å². The first kappa shape index (κ1) is 24.8. The molecule has 1 N–H and O–H groups in total. The van der Waals surface area contributed by atoms with Crippen molar-refractivity contribution in [2.75, 3.05) is 39.5 Å². The van der Waals surface area contributed by atoms with Gasteiger partial charge in [0.1, 0.15) is 4.88 Å². The van der Waals surface area contributed by atoms with Crippen LogP contribution in [0.4, 0.5) is 0 Å². The molecule has 0 bridgehead atoms. The van der Waals surface area contributed by atoms with E-state index >= 15 is 0 Å². The minimum absolute atomic E-state index is 0.00807. The maximum absolute atomic E-state index is 12.9. The van der Waals surface area contributed by atoms with Gasteiger partial charge in [0.2, 0.25) is 5.75 Å². The first-order valence-electron chi connectivity index (χ1n) is 11.4.